The van der Waals surface area contributed by atoms with Crippen LogP contribution in [0.15, 0.2) is 15.1 Å². The van der Waals surface area contributed by atoms with Crippen LogP contribution < -0.4 is 4.74 Å². The van der Waals surface area contributed by atoms with Crippen molar-refractivity contribution >= 4 is 42.8 Å². The van der Waals surface area contributed by atoms with Crippen molar-refractivity contribution in [1.82, 2.24) is 10.2 Å². The lowest BCUT2D eigenvalue weighted by molar-refractivity contribution is 0.386. The summed E-state index contributed by atoms with van der Waals surface area (Å²) in [6.07, 6.45) is 0. The van der Waals surface area contributed by atoms with E-state index < -0.39 is 5.82 Å². The molecule has 0 atom stereocenters. The molecule has 6 heteroatoms. The van der Waals surface area contributed by atoms with Gasteiger partial charge in [-0.2, -0.15) is 5.10 Å². The van der Waals surface area contributed by atoms with Gasteiger partial charge in [0.15, 0.2) is 11.6 Å². The van der Waals surface area contributed by atoms with Crippen LogP contribution in [0, 0.1) is 5.82 Å². The van der Waals surface area contributed by atoms with E-state index in [1.165, 1.54) is 7.11 Å². The van der Waals surface area contributed by atoms with E-state index in [1.807, 2.05) is 0 Å². The van der Waals surface area contributed by atoms with Gasteiger partial charge in [0, 0.05) is 5.39 Å². The summed E-state index contributed by atoms with van der Waals surface area (Å²) in [5, 5.41) is 7.14. The van der Waals surface area contributed by atoms with E-state index in [-0.39, 0.29) is 11.3 Å². The van der Waals surface area contributed by atoms with Gasteiger partial charge in [0.1, 0.15) is 10.1 Å². The van der Waals surface area contributed by atoms with Crippen LogP contribution >= 0.6 is 31.9 Å². The molecule has 0 aliphatic carbocycles. The van der Waals surface area contributed by atoms with Crippen LogP contribution in [-0.4, -0.2) is 17.3 Å². The van der Waals surface area contributed by atoms with Crippen LogP contribution in [0.3, 0.4) is 0 Å². The number of hydrogen-bond donors (Lipinski definition) is 1. The zero-order valence-corrected chi connectivity index (χ0v) is 10.2. The number of halogens is 3. The molecule has 74 valence electrons. The lowest BCUT2D eigenvalue weighted by atomic mass is 10.2. The molecule has 0 saturated carbocycles. The quantitative estimate of drug-likeness (QED) is 0.875. The number of H-pyrrole nitrogens is 1. The summed E-state index contributed by atoms with van der Waals surface area (Å²) in [4.78, 5) is 0. The molecule has 0 saturated heterocycles. The Kier molecular flexibility index (Phi) is 2.48. The lowest BCUT2D eigenvalue weighted by Crippen LogP contribution is -1.90. The van der Waals surface area contributed by atoms with Gasteiger partial charge in [0.05, 0.1) is 11.6 Å². The molecule has 2 rings (SSSR count). The first-order chi connectivity index (χ1) is 6.65. The van der Waals surface area contributed by atoms with E-state index in [0.717, 1.165) is 0 Å². The van der Waals surface area contributed by atoms with E-state index in [1.54, 1.807) is 6.07 Å². The second kappa shape index (κ2) is 3.51. The molecule has 0 amide bonds. The zero-order chi connectivity index (χ0) is 10.3. The SMILES string of the molecule is COc1c(Br)cc2c(Br)[nH]nc2c1F. The first-order valence-corrected chi connectivity index (χ1v) is 5.29. The standard InChI is InChI=1S/C8H5Br2FN2O/c1-14-7-4(9)2-3-6(5(7)11)12-13-8(3)10/h2H,1H3,(H,12,13). The van der Waals surface area contributed by atoms with Gasteiger partial charge in [-0.15, -0.1) is 0 Å². The van der Waals surface area contributed by atoms with Gasteiger partial charge in [-0.25, -0.2) is 4.39 Å². The van der Waals surface area contributed by atoms with Crippen LogP contribution in [0.25, 0.3) is 10.9 Å². The molecular formula is C8H5Br2FN2O. The maximum Gasteiger partial charge on any atom is 0.194 e. The molecule has 1 aromatic carbocycles. The Hall–Kier alpha value is -0.620. The van der Waals surface area contributed by atoms with Gasteiger partial charge in [-0.3, -0.25) is 5.10 Å². The van der Waals surface area contributed by atoms with Crippen molar-refractivity contribution < 1.29 is 9.13 Å². The summed E-state index contributed by atoms with van der Waals surface area (Å²) < 4.78 is 19.8. The Morgan fingerprint density at radius 3 is 2.86 bits per heavy atom. The van der Waals surface area contributed by atoms with Crippen molar-refractivity contribution in [3.63, 3.8) is 0 Å². The number of aromatic amines is 1. The van der Waals surface area contributed by atoms with E-state index >= 15 is 0 Å². The minimum atomic E-state index is -0.473. The predicted molar refractivity (Wildman–Crippen MR) is 58.0 cm³/mol. The molecule has 0 aliphatic heterocycles. The van der Waals surface area contributed by atoms with E-state index in [2.05, 4.69) is 42.1 Å². The molecule has 3 nitrogen and oxygen atoms in total. The van der Waals surface area contributed by atoms with E-state index in [0.29, 0.717) is 14.5 Å². The van der Waals surface area contributed by atoms with Crippen LogP contribution in [0.5, 0.6) is 5.75 Å². The highest BCUT2D eigenvalue weighted by atomic mass is 79.9. The number of rotatable bonds is 1. The Labute approximate surface area is 95.9 Å². The molecule has 14 heavy (non-hydrogen) atoms. The molecule has 0 radical (unpaired) electrons. The highest BCUT2D eigenvalue weighted by Crippen LogP contribution is 2.35. The predicted octanol–water partition coefficient (Wildman–Crippen LogP) is 3.24. The largest absolute Gasteiger partial charge is 0.492 e. The molecule has 1 N–H and O–H groups in total. The number of aromatic nitrogens is 2. The van der Waals surface area contributed by atoms with Crippen molar-refractivity contribution in [2.24, 2.45) is 0 Å². The van der Waals surface area contributed by atoms with Gasteiger partial charge in [-0.05, 0) is 37.9 Å². The second-order valence-corrected chi connectivity index (χ2v) is 4.29. The number of hydrogen-bond acceptors (Lipinski definition) is 2. The van der Waals surface area contributed by atoms with Gasteiger partial charge in [-0.1, -0.05) is 0 Å². The molecule has 2 aromatic rings. The zero-order valence-electron chi connectivity index (χ0n) is 7.07. The van der Waals surface area contributed by atoms with Crippen LogP contribution in [0.4, 0.5) is 4.39 Å². The number of nitrogens with zero attached hydrogens (tertiary/aromatic N) is 1. The minimum absolute atomic E-state index is 0.163. The maximum atomic E-state index is 13.7. The average molecular weight is 324 g/mol. The first kappa shape index (κ1) is 9.92. The summed E-state index contributed by atoms with van der Waals surface area (Å²) in [5.41, 5.74) is 0.261. The van der Waals surface area contributed by atoms with E-state index in [4.69, 9.17) is 4.74 Å². The average Bonchev–Trinajstić information content (AvgIpc) is 2.49. The molecule has 0 aliphatic rings. The summed E-state index contributed by atoms with van der Waals surface area (Å²) >= 11 is 6.46. The Morgan fingerprint density at radius 2 is 2.21 bits per heavy atom. The van der Waals surface area contributed by atoms with Gasteiger partial charge >= 0.3 is 0 Å². The highest BCUT2D eigenvalue weighted by molar-refractivity contribution is 9.11. The minimum Gasteiger partial charge on any atom is -0.492 e. The third kappa shape index (κ3) is 1.33. The van der Waals surface area contributed by atoms with Gasteiger partial charge < -0.3 is 4.74 Å². The second-order valence-electron chi connectivity index (χ2n) is 2.64. The van der Waals surface area contributed by atoms with Crippen molar-refractivity contribution in [3.8, 4) is 5.75 Å². The topological polar surface area (TPSA) is 37.9 Å². The molecule has 0 fully saturated rings. The molecular weight excluding hydrogens is 319 g/mol. The van der Waals surface area contributed by atoms with Gasteiger partial charge in [0.25, 0.3) is 0 Å². The monoisotopic (exact) mass is 322 g/mol. The fourth-order valence-corrected chi connectivity index (χ4v) is 2.18. The summed E-state index contributed by atoms with van der Waals surface area (Å²) in [7, 11) is 1.41. The number of fused-ring (bicyclic) bond motifs is 1. The van der Waals surface area contributed by atoms with Crippen molar-refractivity contribution in [1.29, 1.82) is 0 Å². The lowest BCUT2D eigenvalue weighted by Gasteiger charge is -2.04. The van der Waals surface area contributed by atoms with Crippen molar-refractivity contribution in [2.45, 2.75) is 0 Å². The summed E-state index contributed by atoms with van der Waals surface area (Å²) in [5.74, 6) is -0.310. The molecule has 0 unspecified atom stereocenters. The van der Waals surface area contributed by atoms with Crippen molar-refractivity contribution in [3.05, 3.63) is 21.0 Å². The van der Waals surface area contributed by atoms with Crippen LogP contribution in [0.2, 0.25) is 0 Å². The molecule has 0 bridgehead atoms. The van der Waals surface area contributed by atoms with Crippen molar-refractivity contribution in [2.75, 3.05) is 7.11 Å². The Bertz CT molecular complexity index is 498. The third-order valence-corrected chi connectivity index (χ3v) is 3.05. The molecule has 1 heterocycles. The summed E-state index contributed by atoms with van der Waals surface area (Å²) in [6.45, 7) is 0. The fraction of sp³-hybridized carbons (Fsp3) is 0.125. The van der Waals surface area contributed by atoms with Gasteiger partial charge in [0.2, 0.25) is 0 Å². The first-order valence-electron chi connectivity index (χ1n) is 3.70. The molecule has 0 spiro atoms. The highest BCUT2D eigenvalue weighted by Gasteiger charge is 2.16. The van der Waals surface area contributed by atoms with E-state index in [9.17, 15) is 4.39 Å². The number of nitrogens with one attached hydrogen (secondary N) is 1. The van der Waals surface area contributed by atoms with Crippen LogP contribution in [-0.2, 0) is 0 Å². The third-order valence-electron chi connectivity index (χ3n) is 1.86. The normalized spacial score (nSPS) is 10.9. The maximum absolute atomic E-state index is 13.7. The fourth-order valence-electron chi connectivity index (χ4n) is 1.22. The Balaban J connectivity index is 2.87. The smallest absolute Gasteiger partial charge is 0.194 e. The van der Waals surface area contributed by atoms with Crippen LogP contribution in [0.1, 0.15) is 0 Å². The number of benzene rings is 1. The molecule has 1 aromatic heterocycles. The summed E-state index contributed by atoms with van der Waals surface area (Å²) in [6, 6.07) is 1.74. The number of ether oxygens (including phenoxy) is 1. The number of methoxy groups -OCH3 is 1. The Morgan fingerprint density at radius 1 is 1.50 bits per heavy atom.